The summed E-state index contributed by atoms with van der Waals surface area (Å²) in [7, 11) is 0. The van der Waals surface area contributed by atoms with Gasteiger partial charge in [-0.2, -0.15) is 0 Å². The smallest absolute Gasteiger partial charge is 0.0314 e. The summed E-state index contributed by atoms with van der Waals surface area (Å²) < 4.78 is 0. The fourth-order valence-corrected chi connectivity index (χ4v) is 3.04. The maximum atomic E-state index is 5.67. The van der Waals surface area contributed by atoms with Crippen molar-refractivity contribution in [2.45, 2.75) is 39.0 Å². The summed E-state index contributed by atoms with van der Waals surface area (Å²) in [6, 6.07) is 12.7. The molecule has 0 fully saturated rings. The average Bonchev–Trinajstić information content (AvgIpc) is 2.77. The van der Waals surface area contributed by atoms with Gasteiger partial charge in [-0.05, 0) is 62.4 Å². The number of hydrogen-bond acceptors (Lipinski definition) is 2. The molecule has 1 aromatic carbocycles. The molecule has 18 heavy (non-hydrogen) atoms. The number of nitrogen functional groups attached to an aromatic ring is 1. The van der Waals surface area contributed by atoms with Gasteiger partial charge in [-0.15, -0.1) is 11.3 Å². The Morgan fingerprint density at radius 1 is 0.889 bits per heavy atom. The highest BCUT2D eigenvalue weighted by atomic mass is 32.1. The van der Waals surface area contributed by atoms with Crippen molar-refractivity contribution in [3.05, 3.63) is 51.7 Å². The summed E-state index contributed by atoms with van der Waals surface area (Å²) in [6.07, 6.45) is 6.29. The first-order chi connectivity index (χ1) is 8.74. The molecule has 2 rings (SSSR count). The van der Waals surface area contributed by atoms with Gasteiger partial charge in [0, 0.05) is 15.4 Å². The molecule has 0 spiro atoms. The number of rotatable bonds is 6. The van der Waals surface area contributed by atoms with Gasteiger partial charge in [-0.25, -0.2) is 0 Å². The molecule has 96 valence electrons. The zero-order valence-electron chi connectivity index (χ0n) is 11.0. The average molecular weight is 259 g/mol. The fourth-order valence-electron chi connectivity index (χ4n) is 2.11. The summed E-state index contributed by atoms with van der Waals surface area (Å²) in [5.74, 6) is 0. The Bertz CT molecular complexity index is 470. The standard InChI is InChI=1S/C16H21NS/c1-13-7-12-16(18-13)6-4-2-3-5-14-8-10-15(17)11-9-14/h7-12H,2-6,17H2,1H3. The largest absolute Gasteiger partial charge is 0.399 e. The lowest BCUT2D eigenvalue weighted by molar-refractivity contribution is 0.682. The quantitative estimate of drug-likeness (QED) is 0.595. The molecule has 0 atom stereocenters. The number of anilines is 1. The highest BCUT2D eigenvalue weighted by molar-refractivity contribution is 7.11. The number of thiophene rings is 1. The SMILES string of the molecule is Cc1ccc(CCCCCc2ccc(N)cc2)s1. The van der Waals surface area contributed by atoms with E-state index < -0.39 is 0 Å². The second-order valence-electron chi connectivity index (χ2n) is 4.81. The lowest BCUT2D eigenvalue weighted by Gasteiger charge is -2.02. The molecule has 0 unspecified atom stereocenters. The molecule has 2 aromatic rings. The highest BCUT2D eigenvalue weighted by Gasteiger charge is 1.98. The van der Waals surface area contributed by atoms with Gasteiger partial charge in [-0.3, -0.25) is 0 Å². The Morgan fingerprint density at radius 2 is 1.61 bits per heavy atom. The molecule has 1 heterocycles. The van der Waals surface area contributed by atoms with Crippen molar-refractivity contribution in [1.82, 2.24) is 0 Å². The third-order valence-electron chi connectivity index (χ3n) is 3.16. The van der Waals surface area contributed by atoms with E-state index in [-0.39, 0.29) is 0 Å². The molecular formula is C16H21NS. The van der Waals surface area contributed by atoms with Gasteiger partial charge in [0.05, 0.1) is 0 Å². The van der Waals surface area contributed by atoms with E-state index in [0.29, 0.717) is 0 Å². The van der Waals surface area contributed by atoms with Crippen LogP contribution in [0.1, 0.15) is 34.6 Å². The van der Waals surface area contributed by atoms with Crippen LogP contribution in [-0.2, 0) is 12.8 Å². The van der Waals surface area contributed by atoms with Gasteiger partial charge in [0.2, 0.25) is 0 Å². The number of nitrogens with two attached hydrogens (primary N) is 1. The molecule has 1 nitrogen and oxygen atoms in total. The first-order valence-electron chi connectivity index (χ1n) is 6.64. The van der Waals surface area contributed by atoms with E-state index in [2.05, 4.69) is 31.2 Å². The predicted molar refractivity (Wildman–Crippen MR) is 81.2 cm³/mol. The van der Waals surface area contributed by atoms with E-state index in [1.807, 2.05) is 23.5 Å². The molecular weight excluding hydrogens is 238 g/mol. The molecule has 2 heteroatoms. The minimum atomic E-state index is 0.854. The van der Waals surface area contributed by atoms with Crippen LogP contribution < -0.4 is 5.73 Å². The first-order valence-corrected chi connectivity index (χ1v) is 7.45. The maximum absolute atomic E-state index is 5.67. The Kier molecular flexibility index (Phi) is 4.82. The summed E-state index contributed by atoms with van der Waals surface area (Å²) in [4.78, 5) is 2.95. The van der Waals surface area contributed by atoms with Gasteiger partial charge in [0.1, 0.15) is 0 Å². The molecule has 0 amide bonds. The summed E-state index contributed by atoms with van der Waals surface area (Å²) in [5, 5.41) is 0. The zero-order chi connectivity index (χ0) is 12.8. The summed E-state index contributed by atoms with van der Waals surface area (Å²) in [5.41, 5.74) is 7.92. The van der Waals surface area contributed by atoms with Crippen LogP contribution in [0.15, 0.2) is 36.4 Å². The molecule has 0 saturated carbocycles. The maximum Gasteiger partial charge on any atom is 0.0314 e. The number of benzene rings is 1. The monoisotopic (exact) mass is 259 g/mol. The molecule has 0 saturated heterocycles. The van der Waals surface area contributed by atoms with Gasteiger partial charge in [-0.1, -0.05) is 18.6 Å². The Morgan fingerprint density at radius 3 is 2.28 bits per heavy atom. The van der Waals surface area contributed by atoms with Crippen LogP contribution in [0.5, 0.6) is 0 Å². The first kappa shape index (κ1) is 13.2. The van der Waals surface area contributed by atoms with Gasteiger partial charge >= 0.3 is 0 Å². The zero-order valence-corrected chi connectivity index (χ0v) is 11.8. The third kappa shape index (κ3) is 4.19. The van der Waals surface area contributed by atoms with E-state index in [1.54, 1.807) is 0 Å². The van der Waals surface area contributed by atoms with Crippen LogP contribution in [-0.4, -0.2) is 0 Å². The molecule has 0 radical (unpaired) electrons. The van der Waals surface area contributed by atoms with E-state index in [1.165, 1.54) is 47.4 Å². The molecule has 2 N–H and O–H groups in total. The topological polar surface area (TPSA) is 26.0 Å². The second kappa shape index (κ2) is 6.60. The molecule has 0 bridgehead atoms. The molecule has 1 aromatic heterocycles. The van der Waals surface area contributed by atoms with E-state index >= 15 is 0 Å². The van der Waals surface area contributed by atoms with Crippen molar-refractivity contribution in [2.75, 3.05) is 5.73 Å². The van der Waals surface area contributed by atoms with E-state index in [4.69, 9.17) is 5.73 Å². The minimum Gasteiger partial charge on any atom is -0.399 e. The molecule has 0 aliphatic carbocycles. The highest BCUT2D eigenvalue weighted by Crippen LogP contribution is 2.18. The molecule has 0 aliphatic rings. The van der Waals surface area contributed by atoms with Crippen molar-refractivity contribution in [3.8, 4) is 0 Å². The Balaban J connectivity index is 1.63. The third-order valence-corrected chi connectivity index (χ3v) is 4.22. The lowest BCUT2D eigenvalue weighted by atomic mass is 10.1. The summed E-state index contributed by atoms with van der Waals surface area (Å²) >= 11 is 1.93. The number of hydrogen-bond donors (Lipinski definition) is 1. The van der Waals surface area contributed by atoms with Crippen molar-refractivity contribution >= 4 is 17.0 Å². The normalized spacial score (nSPS) is 10.7. The van der Waals surface area contributed by atoms with E-state index in [0.717, 1.165) is 5.69 Å². The van der Waals surface area contributed by atoms with Crippen LogP contribution in [0.3, 0.4) is 0 Å². The van der Waals surface area contributed by atoms with Crippen LogP contribution in [0.2, 0.25) is 0 Å². The van der Waals surface area contributed by atoms with Crippen LogP contribution in [0.4, 0.5) is 5.69 Å². The van der Waals surface area contributed by atoms with Gasteiger partial charge in [0.25, 0.3) is 0 Å². The Hall–Kier alpha value is -1.28. The Labute approximate surface area is 114 Å². The van der Waals surface area contributed by atoms with Crippen molar-refractivity contribution < 1.29 is 0 Å². The van der Waals surface area contributed by atoms with Gasteiger partial charge < -0.3 is 5.73 Å². The molecule has 0 aliphatic heterocycles. The summed E-state index contributed by atoms with van der Waals surface area (Å²) in [6.45, 7) is 2.18. The second-order valence-corrected chi connectivity index (χ2v) is 6.19. The van der Waals surface area contributed by atoms with Crippen LogP contribution in [0, 0.1) is 6.92 Å². The number of unbranched alkanes of at least 4 members (excludes halogenated alkanes) is 2. The minimum absolute atomic E-state index is 0.854. The van der Waals surface area contributed by atoms with Crippen LogP contribution >= 0.6 is 11.3 Å². The fraction of sp³-hybridized carbons (Fsp3) is 0.375. The lowest BCUT2D eigenvalue weighted by Crippen LogP contribution is -1.89. The van der Waals surface area contributed by atoms with Crippen molar-refractivity contribution in [1.29, 1.82) is 0 Å². The van der Waals surface area contributed by atoms with Crippen molar-refractivity contribution in [3.63, 3.8) is 0 Å². The predicted octanol–water partition coefficient (Wildman–Crippen LogP) is 4.59. The van der Waals surface area contributed by atoms with Gasteiger partial charge in [0.15, 0.2) is 0 Å². The van der Waals surface area contributed by atoms with E-state index in [9.17, 15) is 0 Å². The van der Waals surface area contributed by atoms with Crippen molar-refractivity contribution in [2.24, 2.45) is 0 Å². The van der Waals surface area contributed by atoms with Crippen LogP contribution in [0.25, 0.3) is 0 Å². The number of aryl methyl sites for hydroxylation is 3.